The van der Waals surface area contributed by atoms with Crippen molar-refractivity contribution >= 4 is 11.0 Å². The number of nitrogens with zero attached hydrogens (tertiary/aromatic N) is 2. The standard InChI is InChI=1S/C14H21N3/c1-4-14-16-12-7-5-6-8-13(12)17(14)10-9-15-11(2)3/h5-8,11,15H,4,9-10H2,1-3H3. The van der Waals surface area contributed by atoms with E-state index in [2.05, 4.69) is 53.8 Å². The molecule has 0 amide bonds. The second-order valence-corrected chi connectivity index (χ2v) is 4.63. The van der Waals surface area contributed by atoms with Crippen LogP contribution in [0.3, 0.4) is 0 Å². The lowest BCUT2D eigenvalue weighted by Gasteiger charge is -2.11. The maximum absolute atomic E-state index is 4.66. The minimum Gasteiger partial charge on any atom is -0.327 e. The van der Waals surface area contributed by atoms with Crippen LogP contribution in [0.5, 0.6) is 0 Å². The van der Waals surface area contributed by atoms with Crippen LogP contribution < -0.4 is 5.32 Å². The van der Waals surface area contributed by atoms with Crippen molar-refractivity contribution in [2.45, 2.75) is 39.8 Å². The first-order valence-electron chi connectivity index (χ1n) is 6.40. The molecule has 0 aliphatic carbocycles. The third kappa shape index (κ3) is 2.67. The second kappa shape index (κ2) is 5.32. The van der Waals surface area contributed by atoms with Crippen molar-refractivity contribution in [2.75, 3.05) is 6.54 Å². The SMILES string of the molecule is CCc1nc2ccccc2n1CCNC(C)C. The Kier molecular flexibility index (Phi) is 3.79. The number of benzene rings is 1. The molecule has 0 spiro atoms. The normalized spacial score (nSPS) is 11.5. The van der Waals surface area contributed by atoms with Crippen molar-refractivity contribution < 1.29 is 0 Å². The van der Waals surface area contributed by atoms with Crippen molar-refractivity contribution in [3.63, 3.8) is 0 Å². The van der Waals surface area contributed by atoms with Crippen molar-refractivity contribution in [1.82, 2.24) is 14.9 Å². The Bertz CT molecular complexity index is 485. The van der Waals surface area contributed by atoms with E-state index >= 15 is 0 Å². The quantitative estimate of drug-likeness (QED) is 0.857. The fourth-order valence-corrected chi connectivity index (χ4v) is 2.11. The van der Waals surface area contributed by atoms with Gasteiger partial charge in [0.05, 0.1) is 11.0 Å². The predicted octanol–water partition coefficient (Wildman–Crippen LogP) is 2.60. The van der Waals surface area contributed by atoms with Gasteiger partial charge >= 0.3 is 0 Å². The highest BCUT2D eigenvalue weighted by atomic mass is 15.1. The molecule has 2 rings (SSSR count). The van der Waals surface area contributed by atoms with Gasteiger partial charge in [0, 0.05) is 25.6 Å². The molecular formula is C14H21N3. The monoisotopic (exact) mass is 231 g/mol. The van der Waals surface area contributed by atoms with Crippen LogP contribution in [0.25, 0.3) is 11.0 Å². The van der Waals surface area contributed by atoms with E-state index < -0.39 is 0 Å². The molecular weight excluding hydrogens is 210 g/mol. The van der Waals surface area contributed by atoms with Gasteiger partial charge < -0.3 is 9.88 Å². The molecule has 0 fully saturated rings. The van der Waals surface area contributed by atoms with Gasteiger partial charge in [-0.2, -0.15) is 0 Å². The fourth-order valence-electron chi connectivity index (χ4n) is 2.11. The van der Waals surface area contributed by atoms with E-state index in [1.54, 1.807) is 0 Å². The third-order valence-corrected chi connectivity index (χ3v) is 2.94. The molecule has 1 aromatic heterocycles. The minimum absolute atomic E-state index is 0.537. The summed E-state index contributed by atoms with van der Waals surface area (Å²) < 4.78 is 2.32. The number of rotatable bonds is 5. The number of fused-ring (bicyclic) bond motifs is 1. The minimum atomic E-state index is 0.537. The van der Waals surface area contributed by atoms with Crippen molar-refractivity contribution in [1.29, 1.82) is 0 Å². The molecule has 0 aliphatic rings. The number of imidazole rings is 1. The Morgan fingerprint density at radius 1 is 1.29 bits per heavy atom. The molecule has 0 radical (unpaired) electrons. The van der Waals surface area contributed by atoms with E-state index in [1.807, 2.05) is 6.07 Å². The molecule has 1 aromatic carbocycles. The highest BCUT2D eigenvalue weighted by Crippen LogP contribution is 2.15. The van der Waals surface area contributed by atoms with Gasteiger partial charge in [-0.05, 0) is 12.1 Å². The Labute approximate surface area is 103 Å². The second-order valence-electron chi connectivity index (χ2n) is 4.63. The van der Waals surface area contributed by atoms with Gasteiger partial charge in [-0.15, -0.1) is 0 Å². The predicted molar refractivity (Wildman–Crippen MR) is 72.2 cm³/mol. The Balaban J connectivity index is 2.24. The number of para-hydroxylation sites is 2. The highest BCUT2D eigenvalue weighted by Gasteiger charge is 2.07. The molecule has 0 aliphatic heterocycles. The van der Waals surface area contributed by atoms with Gasteiger partial charge in [0.15, 0.2) is 0 Å². The lowest BCUT2D eigenvalue weighted by atomic mass is 10.3. The van der Waals surface area contributed by atoms with Gasteiger partial charge in [-0.3, -0.25) is 0 Å². The van der Waals surface area contributed by atoms with Crippen molar-refractivity contribution in [3.8, 4) is 0 Å². The smallest absolute Gasteiger partial charge is 0.109 e. The largest absolute Gasteiger partial charge is 0.327 e. The molecule has 17 heavy (non-hydrogen) atoms. The maximum atomic E-state index is 4.66. The van der Waals surface area contributed by atoms with Gasteiger partial charge in [-0.25, -0.2) is 4.98 Å². The molecule has 3 heteroatoms. The van der Waals surface area contributed by atoms with Crippen LogP contribution in [0, 0.1) is 0 Å². The van der Waals surface area contributed by atoms with Crippen LogP contribution in [0.15, 0.2) is 24.3 Å². The first kappa shape index (κ1) is 12.1. The van der Waals surface area contributed by atoms with Crippen LogP contribution in [-0.4, -0.2) is 22.1 Å². The molecule has 2 aromatic rings. The first-order valence-corrected chi connectivity index (χ1v) is 6.40. The van der Waals surface area contributed by atoms with Crippen LogP contribution >= 0.6 is 0 Å². The summed E-state index contributed by atoms with van der Waals surface area (Å²) in [5.41, 5.74) is 2.35. The van der Waals surface area contributed by atoms with Crippen LogP contribution in [0.1, 0.15) is 26.6 Å². The maximum Gasteiger partial charge on any atom is 0.109 e. The summed E-state index contributed by atoms with van der Waals surface area (Å²) in [5.74, 6) is 1.18. The molecule has 0 atom stereocenters. The van der Waals surface area contributed by atoms with Crippen LogP contribution in [0.2, 0.25) is 0 Å². The number of nitrogens with one attached hydrogen (secondary N) is 1. The summed E-state index contributed by atoms with van der Waals surface area (Å²) in [6, 6.07) is 8.90. The lowest BCUT2D eigenvalue weighted by Crippen LogP contribution is -2.27. The zero-order valence-corrected chi connectivity index (χ0v) is 10.9. The molecule has 0 saturated carbocycles. The van der Waals surface area contributed by atoms with E-state index in [-0.39, 0.29) is 0 Å². The third-order valence-electron chi connectivity index (χ3n) is 2.94. The van der Waals surface area contributed by atoms with Gasteiger partial charge in [0.1, 0.15) is 5.82 Å². The summed E-state index contributed by atoms with van der Waals surface area (Å²) in [4.78, 5) is 4.66. The number of aryl methyl sites for hydroxylation is 1. The average Bonchev–Trinajstić information content (AvgIpc) is 2.67. The van der Waals surface area contributed by atoms with E-state index in [1.165, 1.54) is 11.3 Å². The van der Waals surface area contributed by atoms with Gasteiger partial charge in [-0.1, -0.05) is 32.9 Å². The topological polar surface area (TPSA) is 29.9 Å². The fraction of sp³-hybridized carbons (Fsp3) is 0.500. The number of hydrogen-bond donors (Lipinski definition) is 1. The zero-order valence-electron chi connectivity index (χ0n) is 10.9. The summed E-state index contributed by atoms with van der Waals surface area (Å²) >= 11 is 0. The summed E-state index contributed by atoms with van der Waals surface area (Å²) in [6.07, 6.45) is 0.982. The Morgan fingerprint density at radius 2 is 2.06 bits per heavy atom. The van der Waals surface area contributed by atoms with E-state index in [9.17, 15) is 0 Å². The molecule has 3 nitrogen and oxygen atoms in total. The number of aromatic nitrogens is 2. The van der Waals surface area contributed by atoms with Crippen LogP contribution in [0.4, 0.5) is 0 Å². The molecule has 0 unspecified atom stereocenters. The summed E-state index contributed by atoms with van der Waals surface area (Å²) in [6.45, 7) is 8.49. The highest BCUT2D eigenvalue weighted by molar-refractivity contribution is 5.75. The molecule has 92 valence electrons. The van der Waals surface area contributed by atoms with Crippen LogP contribution in [-0.2, 0) is 13.0 Å². The lowest BCUT2D eigenvalue weighted by molar-refractivity contribution is 0.538. The van der Waals surface area contributed by atoms with E-state index in [4.69, 9.17) is 0 Å². The van der Waals surface area contributed by atoms with Crippen molar-refractivity contribution in [3.05, 3.63) is 30.1 Å². The Hall–Kier alpha value is -1.35. The summed E-state index contributed by atoms with van der Waals surface area (Å²) in [7, 11) is 0. The zero-order chi connectivity index (χ0) is 12.3. The number of hydrogen-bond acceptors (Lipinski definition) is 2. The molecule has 0 bridgehead atoms. The molecule has 1 N–H and O–H groups in total. The van der Waals surface area contributed by atoms with Crippen molar-refractivity contribution in [2.24, 2.45) is 0 Å². The first-order chi connectivity index (χ1) is 8.22. The average molecular weight is 231 g/mol. The van der Waals surface area contributed by atoms with Gasteiger partial charge in [0.25, 0.3) is 0 Å². The molecule has 0 saturated heterocycles. The van der Waals surface area contributed by atoms with E-state index in [0.717, 1.165) is 25.0 Å². The summed E-state index contributed by atoms with van der Waals surface area (Å²) in [5, 5.41) is 3.45. The van der Waals surface area contributed by atoms with E-state index in [0.29, 0.717) is 6.04 Å². The molecule has 1 heterocycles. The Morgan fingerprint density at radius 3 is 2.76 bits per heavy atom. The van der Waals surface area contributed by atoms with Gasteiger partial charge in [0.2, 0.25) is 0 Å².